The van der Waals surface area contributed by atoms with Crippen LogP contribution in [0.25, 0.3) is 0 Å². The van der Waals surface area contributed by atoms with E-state index in [1.165, 1.54) is 42.8 Å². The average Bonchev–Trinajstić information content (AvgIpc) is 3.13. The molecule has 0 unspecified atom stereocenters. The van der Waals surface area contributed by atoms with Crippen molar-refractivity contribution in [2.24, 2.45) is 23.2 Å². The Labute approximate surface area is 188 Å². The lowest BCUT2D eigenvalue weighted by Crippen LogP contribution is -2.53. The third kappa shape index (κ3) is 4.18. The zero-order chi connectivity index (χ0) is 20.9. The van der Waals surface area contributed by atoms with E-state index in [0.717, 1.165) is 35.6 Å². The van der Waals surface area contributed by atoms with Crippen molar-refractivity contribution in [3.05, 3.63) is 16.5 Å². The van der Waals surface area contributed by atoms with E-state index in [4.69, 9.17) is 11.6 Å². The minimum atomic E-state index is -3.49. The van der Waals surface area contributed by atoms with Crippen LogP contribution in [0.15, 0.2) is 16.3 Å². The summed E-state index contributed by atoms with van der Waals surface area (Å²) in [7, 11) is -3.49. The van der Waals surface area contributed by atoms with E-state index in [1.807, 2.05) is 0 Å². The fourth-order valence-corrected chi connectivity index (χ4v) is 9.80. The Balaban J connectivity index is 1.10. The van der Waals surface area contributed by atoms with Crippen LogP contribution >= 0.6 is 22.9 Å². The van der Waals surface area contributed by atoms with E-state index in [2.05, 4.69) is 10.2 Å². The van der Waals surface area contributed by atoms with Gasteiger partial charge in [0.1, 0.15) is 4.21 Å². The fraction of sp³-hybridized carbons (Fsp3) is 0.762. The van der Waals surface area contributed by atoms with Crippen LogP contribution in [0.1, 0.15) is 38.5 Å². The Bertz CT molecular complexity index is 873. The number of nitrogens with one attached hydrogen (secondary N) is 1. The molecule has 6 rings (SSSR count). The molecule has 1 aliphatic heterocycles. The van der Waals surface area contributed by atoms with Crippen molar-refractivity contribution in [2.75, 3.05) is 39.3 Å². The lowest BCUT2D eigenvalue weighted by molar-refractivity contribution is -0.124. The normalized spacial score (nSPS) is 34.4. The Morgan fingerprint density at radius 2 is 1.67 bits per heavy atom. The van der Waals surface area contributed by atoms with Crippen molar-refractivity contribution in [3.8, 4) is 0 Å². The number of nitrogens with zero attached hydrogens (tertiary/aromatic N) is 2. The van der Waals surface area contributed by atoms with E-state index < -0.39 is 10.0 Å². The predicted molar refractivity (Wildman–Crippen MR) is 118 cm³/mol. The van der Waals surface area contributed by atoms with Gasteiger partial charge in [-0.2, -0.15) is 4.31 Å². The highest BCUT2D eigenvalue weighted by Gasteiger charge is 2.50. The van der Waals surface area contributed by atoms with Crippen molar-refractivity contribution in [1.82, 2.24) is 14.5 Å². The van der Waals surface area contributed by atoms with Crippen LogP contribution in [0.4, 0.5) is 0 Å². The Morgan fingerprint density at radius 3 is 2.20 bits per heavy atom. The van der Waals surface area contributed by atoms with Gasteiger partial charge in [-0.25, -0.2) is 8.42 Å². The van der Waals surface area contributed by atoms with Crippen molar-refractivity contribution in [3.63, 3.8) is 0 Å². The third-order valence-corrected chi connectivity index (χ3v) is 11.3. The number of thiophene rings is 1. The minimum absolute atomic E-state index is 0.0760. The Morgan fingerprint density at radius 1 is 1.07 bits per heavy atom. The molecule has 6 nitrogen and oxygen atoms in total. The summed E-state index contributed by atoms with van der Waals surface area (Å²) >= 11 is 6.98. The summed E-state index contributed by atoms with van der Waals surface area (Å²) in [5.41, 5.74) is 0.346. The number of carbonyl (C=O) groups is 1. The lowest BCUT2D eigenvalue weighted by atomic mass is 9.49. The number of carbonyl (C=O) groups excluding carboxylic acids is 1. The molecule has 4 aliphatic carbocycles. The van der Waals surface area contributed by atoms with Crippen LogP contribution < -0.4 is 5.32 Å². The van der Waals surface area contributed by atoms with E-state index in [0.29, 0.717) is 42.5 Å². The molecule has 0 spiro atoms. The number of piperazine rings is 1. The molecule has 0 atom stereocenters. The van der Waals surface area contributed by atoms with Gasteiger partial charge in [-0.1, -0.05) is 11.6 Å². The number of hydrogen-bond donors (Lipinski definition) is 1. The minimum Gasteiger partial charge on any atom is -0.354 e. The number of amides is 1. The first kappa shape index (κ1) is 21.2. The summed E-state index contributed by atoms with van der Waals surface area (Å²) in [6.45, 7) is 3.13. The number of hydrogen-bond acceptors (Lipinski definition) is 5. The second-order valence-electron chi connectivity index (χ2n) is 9.93. The van der Waals surface area contributed by atoms with Crippen molar-refractivity contribution >= 4 is 38.9 Å². The molecule has 2 heterocycles. The van der Waals surface area contributed by atoms with E-state index in [1.54, 1.807) is 12.1 Å². The van der Waals surface area contributed by atoms with Crippen LogP contribution in [-0.4, -0.2) is 62.8 Å². The summed E-state index contributed by atoms with van der Waals surface area (Å²) in [5, 5.41) is 3.23. The van der Waals surface area contributed by atoms with Gasteiger partial charge in [0.05, 0.1) is 10.9 Å². The van der Waals surface area contributed by atoms with Gasteiger partial charge in [0.25, 0.3) is 10.0 Å². The fourth-order valence-electron chi connectivity index (χ4n) is 6.74. The van der Waals surface area contributed by atoms with Crippen LogP contribution in [0.5, 0.6) is 0 Å². The van der Waals surface area contributed by atoms with E-state index in [9.17, 15) is 13.2 Å². The second kappa shape index (κ2) is 8.03. The SMILES string of the molecule is O=C(CN1CCN(S(=O)(=O)c2ccc(Cl)s2)CC1)NCC12CC3CC(CC(C3)C1)C2. The quantitative estimate of drug-likeness (QED) is 0.692. The van der Waals surface area contributed by atoms with Gasteiger partial charge in [0, 0.05) is 32.7 Å². The van der Waals surface area contributed by atoms with E-state index in [-0.39, 0.29) is 10.1 Å². The van der Waals surface area contributed by atoms with Crippen LogP contribution in [0.2, 0.25) is 4.34 Å². The maximum Gasteiger partial charge on any atom is 0.252 e. The topological polar surface area (TPSA) is 69.7 Å². The molecule has 9 heteroatoms. The third-order valence-electron chi connectivity index (χ3n) is 7.67. The van der Waals surface area contributed by atoms with Gasteiger partial charge in [0.2, 0.25) is 5.91 Å². The summed E-state index contributed by atoms with van der Waals surface area (Å²) in [6.07, 6.45) is 8.13. The smallest absolute Gasteiger partial charge is 0.252 e. The number of rotatable bonds is 6. The highest BCUT2D eigenvalue weighted by molar-refractivity contribution is 7.91. The molecule has 0 aromatic carbocycles. The zero-order valence-electron chi connectivity index (χ0n) is 17.2. The van der Waals surface area contributed by atoms with Gasteiger partial charge in [-0.05, 0) is 73.8 Å². The predicted octanol–water partition coefficient (Wildman–Crippen LogP) is 3.04. The second-order valence-corrected chi connectivity index (χ2v) is 13.8. The van der Waals surface area contributed by atoms with Gasteiger partial charge < -0.3 is 5.32 Å². The zero-order valence-corrected chi connectivity index (χ0v) is 19.6. The van der Waals surface area contributed by atoms with Crippen molar-refractivity contribution in [2.45, 2.75) is 42.7 Å². The maximum absolute atomic E-state index is 12.7. The molecule has 30 heavy (non-hydrogen) atoms. The molecule has 166 valence electrons. The first-order valence-electron chi connectivity index (χ1n) is 11.1. The molecule has 1 saturated heterocycles. The molecule has 5 fully saturated rings. The molecule has 4 saturated carbocycles. The van der Waals surface area contributed by atoms with Crippen molar-refractivity contribution < 1.29 is 13.2 Å². The van der Waals surface area contributed by atoms with Crippen molar-refractivity contribution in [1.29, 1.82) is 0 Å². The molecule has 1 amide bonds. The molecule has 0 radical (unpaired) electrons. The first-order valence-corrected chi connectivity index (χ1v) is 13.7. The Kier molecular flexibility index (Phi) is 5.67. The van der Waals surface area contributed by atoms with Gasteiger partial charge >= 0.3 is 0 Å². The number of halogens is 1. The van der Waals surface area contributed by atoms with E-state index >= 15 is 0 Å². The number of sulfonamides is 1. The summed E-state index contributed by atoms with van der Waals surface area (Å²) in [5.74, 6) is 2.75. The molecule has 1 N–H and O–H groups in total. The molecule has 1 aromatic heterocycles. The van der Waals surface area contributed by atoms with Gasteiger partial charge in [0.15, 0.2) is 0 Å². The van der Waals surface area contributed by atoms with Crippen LogP contribution in [0, 0.1) is 23.2 Å². The largest absolute Gasteiger partial charge is 0.354 e. The summed E-state index contributed by atoms with van der Waals surface area (Å²) in [6, 6.07) is 3.18. The first-order chi connectivity index (χ1) is 14.3. The summed E-state index contributed by atoms with van der Waals surface area (Å²) < 4.78 is 27.7. The van der Waals surface area contributed by atoms with Crippen LogP contribution in [0.3, 0.4) is 0 Å². The molecule has 1 aromatic rings. The maximum atomic E-state index is 12.7. The highest BCUT2D eigenvalue weighted by Crippen LogP contribution is 2.59. The van der Waals surface area contributed by atoms with Gasteiger partial charge in [-0.3, -0.25) is 9.69 Å². The highest BCUT2D eigenvalue weighted by atomic mass is 35.5. The summed E-state index contributed by atoms with van der Waals surface area (Å²) in [4.78, 5) is 14.7. The molecule has 4 bridgehead atoms. The Hall–Kier alpha value is -0.670. The van der Waals surface area contributed by atoms with Crippen LogP contribution in [-0.2, 0) is 14.8 Å². The molecular formula is C21H30ClN3O3S2. The lowest BCUT2D eigenvalue weighted by Gasteiger charge is -2.57. The van der Waals surface area contributed by atoms with Gasteiger partial charge in [-0.15, -0.1) is 11.3 Å². The monoisotopic (exact) mass is 471 g/mol. The molecule has 5 aliphatic rings. The molecular weight excluding hydrogens is 442 g/mol. The average molecular weight is 472 g/mol. The standard InChI is InChI=1S/C21H30ClN3O3S2/c22-18-1-2-20(29-18)30(27,28)25-5-3-24(4-6-25)13-19(26)23-14-21-10-15-7-16(11-21)9-17(8-15)12-21/h1-2,15-17H,3-14H2,(H,23,26).